The van der Waals surface area contributed by atoms with Crippen molar-refractivity contribution in [2.75, 3.05) is 52.0 Å². The molecule has 0 radical (unpaired) electrons. The predicted octanol–water partition coefficient (Wildman–Crippen LogP) is 15.0. The van der Waals surface area contributed by atoms with Crippen molar-refractivity contribution >= 4 is 35.3 Å². The van der Waals surface area contributed by atoms with E-state index in [4.69, 9.17) is 49.3 Å². The molecular formula is C74H80F8N8O4S2. The molecule has 2 amide bonds. The van der Waals surface area contributed by atoms with E-state index in [9.17, 15) is 59.8 Å². The van der Waals surface area contributed by atoms with Crippen molar-refractivity contribution in [3.63, 3.8) is 0 Å². The maximum atomic E-state index is 15.0. The van der Waals surface area contributed by atoms with E-state index in [1.165, 1.54) is 24.3 Å². The summed E-state index contributed by atoms with van der Waals surface area (Å²) in [5, 5.41) is -1.80. The van der Waals surface area contributed by atoms with E-state index in [-0.39, 0.29) is 84.8 Å². The number of nitrogens with zero attached hydrogens (tertiary/aromatic N) is 8. The molecule has 0 spiro atoms. The molecule has 96 heavy (non-hydrogen) atoms. The molecule has 0 bridgehead atoms. The van der Waals surface area contributed by atoms with Crippen LogP contribution in [-0.4, -0.2) is 102 Å². The van der Waals surface area contributed by atoms with Gasteiger partial charge in [-0.2, -0.15) is 36.3 Å². The van der Waals surface area contributed by atoms with Crippen LogP contribution in [0.5, 0.6) is 0 Å². The van der Waals surface area contributed by atoms with Crippen molar-refractivity contribution < 1.29 is 99.5 Å². The lowest BCUT2D eigenvalue weighted by Gasteiger charge is -2.28. The average molecular weight is 1400 g/mol. The monoisotopic (exact) mass is 1400 g/mol. The molecule has 0 aliphatic heterocycles. The van der Waals surface area contributed by atoms with Crippen LogP contribution in [0.15, 0.2) is 159 Å². The Kier molecular flexibility index (Phi) is 12.4. The Bertz CT molecular complexity index is 6100. The number of likely N-dealkylation sites (N-methyl/N-ethyl adjacent to an activating group) is 2. The largest absolute Gasteiger partial charge is 0.416 e. The van der Waals surface area contributed by atoms with Crippen LogP contribution < -0.4 is 11.1 Å². The third-order valence-corrected chi connectivity index (χ3v) is 15.3. The van der Waals surface area contributed by atoms with Crippen molar-refractivity contribution in [3.05, 3.63) is 233 Å². The molecule has 1 unspecified atom stereocenters. The second-order valence-corrected chi connectivity index (χ2v) is 21.6. The highest BCUT2D eigenvalue weighted by atomic mass is 32.2. The molecule has 6 aromatic carbocycles. The fourth-order valence-corrected chi connectivity index (χ4v) is 10.4. The van der Waals surface area contributed by atoms with Crippen LogP contribution in [0, 0.1) is 24.5 Å². The minimum Gasteiger partial charge on any atom is -0.336 e. The molecule has 12 nitrogen and oxygen atoms in total. The van der Waals surface area contributed by atoms with E-state index < -0.39 is 312 Å². The molecule has 22 heteroatoms. The first-order chi connectivity index (χ1) is 61.2. The van der Waals surface area contributed by atoms with Gasteiger partial charge in [-0.1, -0.05) is 155 Å². The lowest BCUT2D eigenvalue weighted by atomic mass is 9.98. The number of halogens is 8. The Balaban J connectivity index is 0.000000305. The van der Waals surface area contributed by atoms with Crippen LogP contribution in [0.1, 0.15) is 157 Å². The summed E-state index contributed by atoms with van der Waals surface area (Å²) in [6.07, 6.45) is -16.2. The first kappa shape index (κ1) is 36.1. The molecule has 2 aromatic heterocycles. The zero-order valence-electron chi connectivity index (χ0n) is 91.1. The fraction of sp³-hybridized carbons (Fsp3) is 0.378. The van der Waals surface area contributed by atoms with Crippen LogP contribution in [0.3, 0.4) is 0 Å². The van der Waals surface area contributed by atoms with Gasteiger partial charge in [0.15, 0.2) is 10.3 Å². The Morgan fingerprint density at radius 3 is 1.52 bits per heavy atom. The van der Waals surface area contributed by atoms with Crippen molar-refractivity contribution in [2.24, 2.45) is 5.89 Å². The molecule has 0 saturated carbocycles. The van der Waals surface area contributed by atoms with Gasteiger partial charge in [0.05, 0.1) is 37.2 Å². The molecule has 2 aliphatic rings. The maximum Gasteiger partial charge on any atom is 0.416 e. The molecule has 2 aliphatic carbocycles. The van der Waals surface area contributed by atoms with Gasteiger partial charge in [0.2, 0.25) is 11.8 Å². The Morgan fingerprint density at radius 2 is 1.03 bits per heavy atom. The van der Waals surface area contributed by atoms with E-state index in [2.05, 4.69) is 9.97 Å². The Morgan fingerprint density at radius 1 is 0.573 bits per heavy atom. The van der Waals surface area contributed by atoms with Gasteiger partial charge in [0, 0.05) is 102 Å². The number of amides is 2. The Hall–Kier alpha value is -7.92. The number of alkyl halides is 6. The van der Waals surface area contributed by atoms with Gasteiger partial charge in [0.25, 0.3) is 11.1 Å². The van der Waals surface area contributed by atoms with E-state index in [0.717, 1.165) is 42.7 Å². The number of benzene rings is 6. The van der Waals surface area contributed by atoms with Gasteiger partial charge < -0.3 is 28.7 Å². The molecule has 2 heterocycles. The normalized spacial score (nSPS) is 23.0. The van der Waals surface area contributed by atoms with Gasteiger partial charge in [0.1, 0.15) is 24.7 Å². The SMILES string of the molecule is [2H]c1c([2H])c(C([2H])([2H])Sc2nc(=O)c3c(n2CC(=O)N(Cc2c([2H])c([2H])c(-c4c([2H])c([2H])c(C(F)(F)F)c(C)c4[2H])c([2H])c2[2H])C([2H])([2H])C([2H])([2H])N(C([2H])([2H])C)C([2H])([2H])C)CCC3)c([2H])c([2H])c1F.[2H]c1c([2H])c(C([2H])([2H])Sc2nc(=O)c3c(n2CC(=O)N(Cc2ccc(-c4ccc(C(F)(F)F)cc4)cc2)C([2H])([2H])C([2H])([2H])N(C([2H])([2H])C)C([2H])([2H])C)C([2H])([2H])C([2H])(C)C3([2H])[2H])c([2H])c([2H])c1F. The zero-order valence-corrected chi connectivity index (χ0v) is 52.8. The van der Waals surface area contributed by atoms with Crippen molar-refractivity contribution in [1.29, 1.82) is 0 Å². The summed E-state index contributed by atoms with van der Waals surface area (Å²) in [6.45, 7) is -29.0. The number of aromatic nitrogens is 4. The van der Waals surface area contributed by atoms with E-state index in [1.54, 1.807) is 0 Å². The van der Waals surface area contributed by atoms with Crippen LogP contribution in [0.2, 0.25) is 0 Å². The summed E-state index contributed by atoms with van der Waals surface area (Å²) in [5.74, 6) is -9.45. The smallest absolute Gasteiger partial charge is 0.336 e. The van der Waals surface area contributed by atoms with Gasteiger partial charge in [-0.3, -0.25) is 19.2 Å². The van der Waals surface area contributed by atoms with E-state index >= 15 is 0 Å². The number of fused-ring (bicyclic) bond motifs is 2. The van der Waals surface area contributed by atoms with Gasteiger partial charge >= 0.3 is 12.4 Å². The average Bonchev–Trinajstić information content (AvgIpc) is 1.47. The summed E-state index contributed by atoms with van der Waals surface area (Å²) < 4.78 is 455. The molecule has 8 aromatic rings. The second kappa shape index (κ2) is 32.9. The third-order valence-electron chi connectivity index (χ3n) is 13.7. The van der Waals surface area contributed by atoms with Crippen LogP contribution in [-0.2, 0) is 85.1 Å². The molecule has 0 N–H and O–H groups in total. The van der Waals surface area contributed by atoms with E-state index in [1.807, 2.05) is 0 Å². The van der Waals surface area contributed by atoms with Gasteiger partial charge in [-0.25, -0.2) is 8.78 Å². The molecular weight excluding hydrogens is 1280 g/mol. The van der Waals surface area contributed by atoms with Crippen LogP contribution in [0.4, 0.5) is 35.1 Å². The number of thioether (sulfide) groups is 2. The van der Waals surface area contributed by atoms with Crippen LogP contribution >= 0.6 is 23.5 Å². The summed E-state index contributed by atoms with van der Waals surface area (Å²) in [4.78, 5) is 64.3. The molecule has 508 valence electrons. The Labute approximate surface area is 620 Å². The summed E-state index contributed by atoms with van der Waals surface area (Å²) in [7, 11) is 0. The number of hydrogen-bond donors (Lipinski definition) is 0. The number of carbonyl (C=O) groups excluding carboxylic acids is 2. The minimum atomic E-state index is -5.23. The van der Waals surface area contributed by atoms with Crippen LogP contribution in [0.25, 0.3) is 22.3 Å². The highest BCUT2D eigenvalue weighted by Crippen LogP contribution is 2.36. The lowest BCUT2D eigenvalue weighted by molar-refractivity contribution is -0.138. The quantitative estimate of drug-likeness (QED) is 0.0295. The molecule has 1 atom stereocenters. The van der Waals surface area contributed by atoms with Crippen molar-refractivity contribution in [1.82, 2.24) is 38.7 Å². The predicted molar refractivity (Wildman–Crippen MR) is 362 cm³/mol. The van der Waals surface area contributed by atoms with E-state index in [0.29, 0.717) is 37.8 Å². The summed E-state index contributed by atoms with van der Waals surface area (Å²) in [5.41, 5.74) is -19.3. The number of hydrogen-bond acceptors (Lipinski definition) is 10. The summed E-state index contributed by atoms with van der Waals surface area (Å²) in [6, 6.07) is -9.41. The topological polar surface area (TPSA) is 117 Å². The fourth-order valence-electron chi connectivity index (χ4n) is 9.05. The molecule has 10 rings (SSSR count). The van der Waals surface area contributed by atoms with Crippen molar-refractivity contribution in [2.45, 2.75) is 134 Å². The summed E-state index contributed by atoms with van der Waals surface area (Å²) >= 11 is -0.312. The standard InChI is InChI=1S/2C37H40F4N4O2S/c1-4-43(5-2)18-19-44(22-26-6-10-28(11-7-26)29-12-14-30(15-13-29)37(39,40)41)34(46)23-45-33-21-25(3)20-32(33)35(47)42-36(45)48-24-27-8-16-31(38)17-9-27;1-4-43(5-2)19-20-44(22-26-9-13-28(14-10-26)29-15-18-32(25(3)21-29)37(39,40)41)34(46)23-45-33-8-6-7-31(33)35(47)42-36(45)48-24-27-11-16-30(38)17-12-27/h6-17,25H,4-5,18-24H2,1-3H3;9-18,21H,4-8,19-20,22-24H2,1-3H3/i4D2,5D2,8D,9D,16D,17D,18D2,19D2,20D2,21D2,24D2,25D;4D2,5D2,9D,10D,11D,12D,13D,14D,15D,16D,17D,18D,19D2,20D2,21D,24D2. The highest BCUT2D eigenvalue weighted by Gasteiger charge is 2.34. The number of carbonyl (C=O) groups is 2. The first-order valence-electron chi connectivity index (χ1n) is 48.2. The maximum absolute atomic E-state index is 15.0. The molecule has 0 saturated heterocycles. The lowest BCUT2D eigenvalue weighted by Crippen LogP contribution is -2.40. The molecule has 0 fully saturated rings. The zero-order chi connectivity index (χ0) is 104. The van der Waals surface area contributed by atoms with Crippen molar-refractivity contribution in [3.8, 4) is 22.3 Å². The third kappa shape index (κ3) is 19.0. The first-order valence-corrected chi connectivity index (χ1v) is 29.8. The van der Waals surface area contributed by atoms with Gasteiger partial charge in [-0.15, -0.1) is 0 Å². The number of rotatable bonds is 26. The second-order valence-electron chi connectivity index (χ2n) is 20.1. The minimum absolute atomic E-state index is 0.0214. The highest BCUT2D eigenvalue weighted by molar-refractivity contribution is 7.98. The van der Waals surface area contributed by atoms with Gasteiger partial charge in [-0.05, 0) is 163 Å².